The number of benzene rings is 1. The summed E-state index contributed by atoms with van der Waals surface area (Å²) in [5.41, 5.74) is 0. The number of carbonyl (C=O) groups excluding carboxylic acids is 1. The SMILES string of the molecule is O=C(Nc1nc(Cl)sc1Cl)Sc1ccc(Cl)cc1. The average Bonchev–Trinajstić information content (AvgIpc) is 2.61. The van der Waals surface area contributed by atoms with Gasteiger partial charge in [-0.15, -0.1) is 0 Å². The number of thioether (sulfide) groups is 1. The Balaban J connectivity index is 2.01. The van der Waals surface area contributed by atoms with Crippen molar-refractivity contribution >= 4 is 69.0 Å². The predicted octanol–water partition coefficient (Wildman–Crippen LogP) is 5.43. The maximum absolute atomic E-state index is 11.7. The number of aromatic nitrogens is 1. The van der Waals surface area contributed by atoms with E-state index in [4.69, 9.17) is 34.8 Å². The summed E-state index contributed by atoms with van der Waals surface area (Å²) >= 11 is 19.4. The van der Waals surface area contributed by atoms with Gasteiger partial charge in [-0.3, -0.25) is 10.1 Å². The molecule has 0 spiro atoms. The first-order chi connectivity index (χ1) is 8.54. The summed E-state index contributed by atoms with van der Waals surface area (Å²) in [5, 5.41) is 2.90. The fraction of sp³-hybridized carbons (Fsp3) is 0. The minimum atomic E-state index is -0.291. The number of hydrogen-bond acceptors (Lipinski definition) is 4. The molecule has 94 valence electrons. The Hall–Kier alpha value is -0.460. The lowest BCUT2D eigenvalue weighted by Crippen LogP contribution is -2.05. The summed E-state index contributed by atoms with van der Waals surface area (Å²) < 4.78 is 0.636. The van der Waals surface area contributed by atoms with E-state index in [0.29, 0.717) is 9.36 Å². The van der Waals surface area contributed by atoms with Crippen LogP contribution in [0.5, 0.6) is 0 Å². The summed E-state index contributed by atoms with van der Waals surface area (Å²) in [6.07, 6.45) is 0. The van der Waals surface area contributed by atoms with Crippen LogP contribution in [-0.4, -0.2) is 10.2 Å². The van der Waals surface area contributed by atoms with Crippen molar-refractivity contribution in [1.29, 1.82) is 0 Å². The van der Waals surface area contributed by atoms with E-state index in [1.807, 2.05) is 0 Å². The lowest BCUT2D eigenvalue weighted by molar-refractivity contribution is 0.269. The second kappa shape index (κ2) is 6.12. The van der Waals surface area contributed by atoms with Crippen molar-refractivity contribution in [1.82, 2.24) is 4.98 Å². The second-order valence-electron chi connectivity index (χ2n) is 3.06. The number of rotatable bonds is 2. The molecular weight excluding hydrogens is 335 g/mol. The highest BCUT2D eigenvalue weighted by Crippen LogP contribution is 2.32. The fourth-order valence-electron chi connectivity index (χ4n) is 1.09. The highest BCUT2D eigenvalue weighted by atomic mass is 35.5. The molecule has 0 aliphatic rings. The van der Waals surface area contributed by atoms with Gasteiger partial charge >= 0.3 is 0 Å². The number of carbonyl (C=O) groups is 1. The number of anilines is 1. The van der Waals surface area contributed by atoms with E-state index in [-0.39, 0.29) is 15.5 Å². The Morgan fingerprint density at radius 1 is 1.22 bits per heavy atom. The molecule has 0 unspecified atom stereocenters. The van der Waals surface area contributed by atoms with Crippen LogP contribution in [0.1, 0.15) is 0 Å². The summed E-state index contributed by atoms with van der Waals surface area (Å²) in [6.45, 7) is 0. The van der Waals surface area contributed by atoms with Gasteiger partial charge in [0.2, 0.25) is 0 Å². The quantitative estimate of drug-likeness (QED) is 0.742. The Labute approximate surface area is 126 Å². The standard InChI is InChI=1S/C10H5Cl3N2OS2/c11-5-1-3-6(4-2-5)17-10(16)15-8-7(12)18-9(13)14-8/h1-4H,(H,15,16). The summed E-state index contributed by atoms with van der Waals surface area (Å²) in [5.74, 6) is 0.276. The predicted molar refractivity (Wildman–Crippen MR) is 78.5 cm³/mol. The van der Waals surface area contributed by atoms with E-state index < -0.39 is 0 Å². The van der Waals surface area contributed by atoms with E-state index >= 15 is 0 Å². The molecule has 1 heterocycles. The van der Waals surface area contributed by atoms with Crippen molar-refractivity contribution in [2.45, 2.75) is 4.90 Å². The molecule has 1 N–H and O–H groups in total. The Kier molecular flexibility index (Phi) is 4.75. The van der Waals surface area contributed by atoms with Crippen LogP contribution in [0.2, 0.25) is 13.8 Å². The lowest BCUT2D eigenvalue weighted by Gasteiger charge is -2.02. The molecule has 1 amide bonds. The van der Waals surface area contributed by atoms with Gasteiger partial charge in [0, 0.05) is 9.92 Å². The molecule has 0 saturated carbocycles. The zero-order valence-electron chi connectivity index (χ0n) is 8.62. The van der Waals surface area contributed by atoms with Gasteiger partial charge in [0.15, 0.2) is 10.3 Å². The maximum Gasteiger partial charge on any atom is 0.289 e. The van der Waals surface area contributed by atoms with Crippen LogP contribution in [0.25, 0.3) is 0 Å². The zero-order valence-corrected chi connectivity index (χ0v) is 12.5. The van der Waals surface area contributed by atoms with Crippen molar-refractivity contribution in [2.24, 2.45) is 0 Å². The van der Waals surface area contributed by atoms with E-state index in [1.54, 1.807) is 24.3 Å². The number of halogens is 3. The third-order valence-corrected chi connectivity index (χ3v) is 4.21. The molecule has 2 aromatic rings. The van der Waals surface area contributed by atoms with Gasteiger partial charge in [-0.05, 0) is 36.0 Å². The summed E-state index contributed by atoms with van der Waals surface area (Å²) in [6, 6.07) is 6.93. The molecule has 8 heteroatoms. The van der Waals surface area contributed by atoms with Gasteiger partial charge in [0.25, 0.3) is 5.24 Å². The van der Waals surface area contributed by atoms with Crippen LogP contribution in [0.4, 0.5) is 10.6 Å². The van der Waals surface area contributed by atoms with Crippen LogP contribution in [0.15, 0.2) is 29.2 Å². The normalized spacial score (nSPS) is 10.4. The van der Waals surface area contributed by atoms with Gasteiger partial charge in [-0.2, -0.15) is 0 Å². The van der Waals surface area contributed by atoms with Gasteiger partial charge < -0.3 is 0 Å². The first-order valence-electron chi connectivity index (χ1n) is 4.61. The molecule has 0 aliphatic heterocycles. The van der Waals surface area contributed by atoms with E-state index in [0.717, 1.165) is 28.0 Å². The van der Waals surface area contributed by atoms with Crippen LogP contribution < -0.4 is 5.32 Å². The highest BCUT2D eigenvalue weighted by molar-refractivity contribution is 8.13. The van der Waals surface area contributed by atoms with Crippen molar-refractivity contribution in [3.05, 3.63) is 38.1 Å². The molecule has 2 rings (SSSR count). The van der Waals surface area contributed by atoms with Crippen LogP contribution >= 0.6 is 57.9 Å². The molecule has 1 aromatic carbocycles. The zero-order chi connectivity index (χ0) is 13.1. The maximum atomic E-state index is 11.7. The first kappa shape index (κ1) is 14.0. The Morgan fingerprint density at radius 2 is 1.89 bits per heavy atom. The molecule has 0 fully saturated rings. The van der Waals surface area contributed by atoms with Gasteiger partial charge in [-0.1, -0.05) is 46.1 Å². The van der Waals surface area contributed by atoms with Crippen LogP contribution in [0.3, 0.4) is 0 Å². The molecule has 0 radical (unpaired) electrons. The van der Waals surface area contributed by atoms with Crippen molar-refractivity contribution in [3.8, 4) is 0 Å². The molecular formula is C10H5Cl3N2OS2. The number of nitrogens with one attached hydrogen (secondary N) is 1. The van der Waals surface area contributed by atoms with Crippen molar-refractivity contribution < 1.29 is 4.79 Å². The van der Waals surface area contributed by atoms with E-state index in [1.165, 1.54) is 0 Å². The molecule has 3 nitrogen and oxygen atoms in total. The highest BCUT2D eigenvalue weighted by Gasteiger charge is 2.12. The molecule has 0 atom stereocenters. The minimum Gasteiger partial charge on any atom is -0.299 e. The van der Waals surface area contributed by atoms with Gasteiger partial charge in [-0.25, -0.2) is 4.98 Å². The number of nitrogens with zero attached hydrogens (tertiary/aromatic N) is 1. The fourth-order valence-corrected chi connectivity index (χ4v) is 3.07. The smallest absolute Gasteiger partial charge is 0.289 e. The van der Waals surface area contributed by atoms with Crippen LogP contribution in [0, 0.1) is 0 Å². The third kappa shape index (κ3) is 3.76. The molecule has 18 heavy (non-hydrogen) atoms. The second-order valence-corrected chi connectivity index (χ2v) is 6.72. The minimum absolute atomic E-state index is 0.276. The lowest BCUT2D eigenvalue weighted by atomic mass is 10.4. The number of thiazole rings is 1. The Bertz CT molecular complexity index is 571. The Morgan fingerprint density at radius 3 is 2.44 bits per heavy atom. The van der Waals surface area contributed by atoms with Crippen LogP contribution in [-0.2, 0) is 0 Å². The molecule has 0 saturated heterocycles. The van der Waals surface area contributed by atoms with Crippen molar-refractivity contribution in [3.63, 3.8) is 0 Å². The van der Waals surface area contributed by atoms with E-state index in [9.17, 15) is 4.79 Å². The third-order valence-electron chi connectivity index (χ3n) is 1.80. The monoisotopic (exact) mass is 338 g/mol. The van der Waals surface area contributed by atoms with Crippen molar-refractivity contribution in [2.75, 3.05) is 5.32 Å². The summed E-state index contributed by atoms with van der Waals surface area (Å²) in [7, 11) is 0. The van der Waals surface area contributed by atoms with Gasteiger partial charge in [0.05, 0.1) is 0 Å². The number of amides is 1. The average molecular weight is 340 g/mol. The molecule has 0 aliphatic carbocycles. The first-order valence-corrected chi connectivity index (χ1v) is 7.37. The topological polar surface area (TPSA) is 42.0 Å². The molecule has 0 bridgehead atoms. The largest absolute Gasteiger partial charge is 0.299 e. The van der Waals surface area contributed by atoms with E-state index in [2.05, 4.69) is 10.3 Å². The number of hydrogen-bond donors (Lipinski definition) is 1. The van der Waals surface area contributed by atoms with Gasteiger partial charge in [0.1, 0.15) is 4.34 Å². The summed E-state index contributed by atoms with van der Waals surface area (Å²) in [4.78, 5) is 16.4. The molecule has 1 aromatic heterocycles.